The van der Waals surface area contributed by atoms with E-state index in [1.807, 2.05) is 19.3 Å². The largest absolute Gasteiger partial charge is 0.361 e. The van der Waals surface area contributed by atoms with E-state index in [4.69, 9.17) is 4.52 Å². The third-order valence-corrected chi connectivity index (χ3v) is 5.13. The van der Waals surface area contributed by atoms with Gasteiger partial charge in [-0.15, -0.1) is 0 Å². The summed E-state index contributed by atoms with van der Waals surface area (Å²) in [5.74, 6) is 2.54. The molecule has 0 aromatic carbocycles. The summed E-state index contributed by atoms with van der Waals surface area (Å²) in [7, 11) is 2.10. The van der Waals surface area contributed by atoms with Crippen LogP contribution in [-0.4, -0.2) is 46.2 Å². The SMILES string of the molecule is Cc1cnc(N(C)C2CCN(Cc3cc(C4CC4)on3)CC2)nc1. The van der Waals surface area contributed by atoms with E-state index in [2.05, 4.69) is 38.0 Å². The van der Waals surface area contributed by atoms with Gasteiger partial charge in [-0.1, -0.05) is 5.16 Å². The summed E-state index contributed by atoms with van der Waals surface area (Å²) in [6.07, 6.45) is 8.54. The fourth-order valence-corrected chi connectivity index (χ4v) is 3.39. The fraction of sp³-hybridized carbons (Fsp3) is 0.611. The van der Waals surface area contributed by atoms with Crippen LogP contribution in [0.5, 0.6) is 0 Å². The van der Waals surface area contributed by atoms with Gasteiger partial charge in [0.05, 0.1) is 5.69 Å². The first-order valence-electron chi connectivity index (χ1n) is 8.88. The molecule has 0 spiro atoms. The number of likely N-dealkylation sites (tertiary alicyclic amines) is 1. The van der Waals surface area contributed by atoms with E-state index in [0.717, 1.165) is 55.4 Å². The normalized spacial score (nSPS) is 19.6. The van der Waals surface area contributed by atoms with Crippen LogP contribution in [0.2, 0.25) is 0 Å². The van der Waals surface area contributed by atoms with Gasteiger partial charge in [-0.3, -0.25) is 4.90 Å². The maximum absolute atomic E-state index is 5.46. The van der Waals surface area contributed by atoms with Gasteiger partial charge in [-0.05, 0) is 38.2 Å². The highest BCUT2D eigenvalue weighted by atomic mass is 16.5. The van der Waals surface area contributed by atoms with Crippen LogP contribution in [0.1, 0.15) is 48.6 Å². The van der Waals surface area contributed by atoms with E-state index >= 15 is 0 Å². The first-order valence-corrected chi connectivity index (χ1v) is 8.88. The molecule has 0 radical (unpaired) electrons. The molecular formula is C18H25N5O. The standard InChI is InChI=1S/C18H25N5O/c1-13-10-19-18(20-11-13)22(2)16-5-7-23(8-6-16)12-15-9-17(24-21-15)14-3-4-14/h9-11,14,16H,3-8,12H2,1-2H3. The number of nitrogens with zero attached hydrogens (tertiary/aromatic N) is 5. The summed E-state index contributed by atoms with van der Waals surface area (Å²) in [5, 5.41) is 4.23. The molecule has 0 atom stereocenters. The summed E-state index contributed by atoms with van der Waals surface area (Å²) < 4.78 is 5.46. The average molecular weight is 327 g/mol. The van der Waals surface area contributed by atoms with Crippen molar-refractivity contribution in [2.45, 2.75) is 51.1 Å². The Kier molecular flexibility index (Phi) is 4.22. The zero-order valence-electron chi connectivity index (χ0n) is 14.5. The lowest BCUT2D eigenvalue weighted by Gasteiger charge is -2.36. The van der Waals surface area contributed by atoms with Gasteiger partial charge < -0.3 is 9.42 Å². The minimum atomic E-state index is 0.503. The molecule has 0 amide bonds. The van der Waals surface area contributed by atoms with Crippen molar-refractivity contribution in [1.29, 1.82) is 0 Å². The summed E-state index contributed by atoms with van der Waals surface area (Å²) in [4.78, 5) is 13.6. The van der Waals surface area contributed by atoms with E-state index in [0.29, 0.717) is 12.0 Å². The van der Waals surface area contributed by atoms with Crippen molar-refractivity contribution in [3.05, 3.63) is 35.5 Å². The van der Waals surface area contributed by atoms with Crippen molar-refractivity contribution in [2.24, 2.45) is 0 Å². The molecule has 0 N–H and O–H groups in total. The molecule has 0 unspecified atom stereocenters. The number of rotatable bonds is 5. The molecule has 1 aliphatic heterocycles. The highest BCUT2D eigenvalue weighted by Gasteiger charge is 2.29. The molecule has 2 aromatic rings. The molecule has 4 rings (SSSR count). The highest BCUT2D eigenvalue weighted by molar-refractivity contribution is 5.30. The second-order valence-corrected chi connectivity index (χ2v) is 7.17. The first-order chi connectivity index (χ1) is 11.7. The Morgan fingerprint density at radius 3 is 2.54 bits per heavy atom. The van der Waals surface area contributed by atoms with Crippen LogP contribution in [0.4, 0.5) is 5.95 Å². The van der Waals surface area contributed by atoms with Crippen molar-refractivity contribution >= 4 is 5.95 Å². The molecule has 3 heterocycles. The van der Waals surface area contributed by atoms with Crippen molar-refractivity contribution < 1.29 is 4.52 Å². The Balaban J connectivity index is 1.30. The van der Waals surface area contributed by atoms with Crippen LogP contribution in [0.25, 0.3) is 0 Å². The van der Waals surface area contributed by atoms with Crippen LogP contribution in [0.3, 0.4) is 0 Å². The molecule has 0 bridgehead atoms. The Labute approximate surface area is 142 Å². The third-order valence-electron chi connectivity index (χ3n) is 5.13. The zero-order valence-corrected chi connectivity index (χ0v) is 14.5. The molecular weight excluding hydrogens is 302 g/mol. The Bertz CT molecular complexity index is 671. The maximum Gasteiger partial charge on any atom is 0.225 e. The van der Waals surface area contributed by atoms with Crippen LogP contribution in [-0.2, 0) is 6.54 Å². The Morgan fingerprint density at radius 1 is 1.17 bits per heavy atom. The molecule has 2 aromatic heterocycles. The Hall–Kier alpha value is -1.95. The molecule has 1 aliphatic carbocycles. The minimum Gasteiger partial charge on any atom is -0.361 e. The molecule has 6 nitrogen and oxygen atoms in total. The smallest absolute Gasteiger partial charge is 0.225 e. The lowest BCUT2D eigenvalue weighted by Crippen LogP contribution is -2.43. The van der Waals surface area contributed by atoms with Crippen LogP contribution >= 0.6 is 0 Å². The molecule has 2 aliphatic rings. The monoisotopic (exact) mass is 327 g/mol. The molecule has 24 heavy (non-hydrogen) atoms. The zero-order chi connectivity index (χ0) is 16.5. The Morgan fingerprint density at radius 2 is 1.88 bits per heavy atom. The third kappa shape index (κ3) is 3.43. The van der Waals surface area contributed by atoms with Crippen molar-refractivity contribution in [2.75, 3.05) is 25.0 Å². The topological polar surface area (TPSA) is 58.3 Å². The van der Waals surface area contributed by atoms with Gasteiger partial charge in [0.15, 0.2) is 0 Å². The van der Waals surface area contributed by atoms with Crippen molar-refractivity contribution in [3.8, 4) is 0 Å². The van der Waals surface area contributed by atoms with E-state index in [1.165, 1.54) is 12.8 Å². The summed E-state index contributed by atoms with van der Waals surface area (Å²) in [6.45, 7) is 5.06. The molecule has 6 heteroatoms. The number of aromatic nitrogens is 3. The van der Waals surface area contributed by atoms with Crippen molar-refractivity contribution in [1.82, 2.24) is 20.0 Å². The summed E-state index contributed by atoms with van der Waals surface area (Å²) in [5.41, 5.74) is 2.17. The van der Waals surface area contributed by atoms with Gasteiger partial charge in [-0.2, -0.15) is 0 Å². The van der Waals surface area contributed by atoms with Crippen LogP contribution in [0.15, 0.2) is 23.0 Å². The number of hydrogen-bond acceptors (Lipinski definition) is 6. The second kappa shape index (κ2) is 6.51. The fourth-order valence-electron chi connectivity index (χ4n) is 3.39. The predicted molar refractivity (Wildman–Crippen MR) is 91.9 cm³/mol. The van der Waals surface area contributed by atoms with Crippen molar-refractivity contribution in [3.63, 3.8) is 0 Å². The number of anilines is 1. The van der Waals surface area contributed by atoms with Gasteiger partial charge in [0.2, 0.25) is 5.95 Å². The molecule has 2 fully saturated rings. The van der Waals surface area contributed by atoms with Gasteiger partial charge in [0, 0.05) is 57.1 Å². The average Bonchev–Trinajstić information content (AvgIpc) is 3.36. The van der Waals surface area contributed by atoms with Gasteiger partial charge >= 0.3 is 0 Å². The lowest BCUT2D eigenvalue weighted by atomic mass is 10.0. The van der Waals surface area contributed by atoms with Crippen LogP contribution < -0.4 is 4.90 Å². The quantitative estimate of drug-likeness (QED) is 0.841. The predicted octanol–water partition coefficient (Wildman–Crippen LogP) is 2.75. The molecule has 1 saturated carbocycles. The van der Waals surface area contributed by atoms with E-state index in [1.54, 1.807) is 0 Å². The number of piperidine rings is 1. The van der Waals surface area contributed by atoms with E-state index in [-0.39, 0.29) is 0 Å². The molecule has 1 saturated heterocycles. The van der Waals surface area contributed by atoms with Gasteiger partial charge in [0.25, 0.3) is 0 Å². The second-order valence-electron chi connectivity index (χ2n) is 7.17. The van der Waals surface area contributed by atoms with Gasteiger partial charge in [0.1, 0.15) is 5.76 Å². The van der Waals surface area contributed by atoms with Crippen LogP contribution in [0, 0.1) is 6.92 Å². The maximum atomic E-state index is 5.46. The highest BCUT2D eigenvalue weighted by Crippen LogP contribution is 2.40. The summed E-state index contributed by atoms with van der Waals surface area (Å²) in [6, 6.07) is 2.65. The van der Waals surface area contributed by atoms with E-state index in [9.17, 15) is 0 Å². The van der Waals surface area contributed by atoms with Gasteiger partial charge in [-0.25, -0.2) is 9.97 Å². The number of hydrogen-bond donors (Lipinski definition) is 0. The number of aryl methyl sites for hydroxylation is 1. The lowest BCUT2D eigenvalue weighted by molar-refractivity contribution is 0.197. The summed E-state index contributed by atoms with van der Waals surface area (Å²) >= 11 is 0. The first kappa shape index (κ1) is 15.6. The van der Waals surface area contributed by atoms with E-state index < -0.39 is 0 Å². The molecule has 128 valence electrons. The minimum absolute atomic E-state index is 0.503.